The quantitative estimate of drug-likeness (QED) is 0.450. The molecule has 1 N–H and O–H groups in total. The van der Waals surface area contributed by atoms with E-state index in [2.05, 4.69) is 0 Å². The minimum atomic E-state index is -1.14. The van der Waals surface area contributed by atoms with Crippen molar-refractivity contribution in [1.82, 2.24) is 4.90 Å². The van der Waals surface area contributed by atoms with Crippen molar-refractivity contribution < 1.29 is 19.4 Å². The summed E-state index contributed by atoms with van der Waals surface area (Å²) in [5.74, 6) is -0.213. The highest BCUT2D eigenvalue weighted by Gasteiger charge is 2.53. The topological polar surface area (TPSA) is 66.8 Å². The average Bonchev–Trinajstić information content (AvgIpc) is 2.58. The lowest BCUT2D eigenvalue weighted by atomic mass is 9.79. The molecular formula is C13H17NO4. The van der Waals surface area contributed by atoms with E-state index in [-0.39, 0.29) is 11.9 Å². The van der Waals surface area contributed by atoms with Gasteiger partial charge >= 0.3 is 5.97 Å². The van der Waals surface area contributed by atoms with Crippen molar-refractivity contribution in [3.05, 3.63) is 11.3 Å². The summed E-state index contributed by atoms with van der Waals surface area (Å²) in [4.78, 5) is 25.3. The Kier molecular flexibility index (Phi) is 2.66. The number of carbonyl (C=O) groups excluding carboxylic acids is 2. The summed E-state index contributed by atoms with van der Waals surface area (Å²) < 4.78 is 4.85. The van der Waals surface area contributed by atoms with Crippen LogP contribution in [0.2, 0.25) is 0 Å². The molecule has 1 saturated carbocycles. The molecule has 3 rings (SSSR count). The summed E-state index contributed by atoms with van der Waals surface area (Å²) in [6, 6.07) is 0.171. The number of aliphatic hydroxyl groups excluding tert-OH is 1. The second kappa shape index (κ2) is 4.09. The van der Waals surface area contributed by atoms with Gasteiger partial charge in [-0.1, -0.05) is 6.42 Å². The number of amides is 1. The molecule has 0 spiro atoms. The molecular weight excluding hydrogens is 234 g/mol. The Labute approximate surface area is 105 Å². The number of hydrogen-bond acceptors (Lipinski definition) is 4. The van der Waals surface area contributed by atoms with Crippen LogP contribution in [0.5, 0.6) is 0 Å². The third-order valence-electron chi connectivity index (χ3n) is 4.12. The first-order valence-corrected chi connectivity index (χ1v) is 6.53. The van der Waals surface area contributed by atoms with Crippen LogP contribution < -0.4 is 0 Å². The summed E-state index contributed by atoms with van der Waals surface area (Å²) in [6.45, 7) is 1.39. The summed E-state index contributed by atoms with van der Waals surface area (Å²) in [5.41, 5.74) is 1.49. The van der Waals surface area contributed by atoms with Crippen molar-refractivity contribution in [2.24, 2.45) is 5.92 Å². The maximum atomic E-state index is 12.0. The van der Waals surface area contributed by atoms with Gasteiger partial charge < -0.3 is 14.7 Å². The molecule has 1 amide bonds. The molecule has 3 aliphatic rings. The molecule has 0 aromatic heterocycles. The third-order valence-corrected chi connectivity index (χ3v) is 4.12. The van der Waals surface area contributed by atoms with Crippen molar-refractivity contribution in [1.29, 1.82) is 0 Å². The normalized spacial score (nSPS) is 31.7. The van der Waals surface area contributed by atoms with Crippen molar-refractivity contribution in [2.45, 2.75) is 51.4 Å². The highest BCUT2D eigenvalue weighted by atomic mass is 16.6. The van der Waals surface area contributed by atoms with E-state index >= 15 is 0 Å². The van der Waals surface area contributed by atoms with Crippen LogP contribution >= 0.6 is 0 Å². The van der Waals surface area contributed by atoms with Gasteiger partial charge in [-0.05, 0) is 31.8 Å². The number of esters is 1. The first-order valence-electron chi connectivity index (χ1n) is 6.53. The first kappa shape index (κ1) is 11.7. The molecule has 5 heteroatoms. The Morgan fingerprint density at radius 2 is 2.28 bits per heavy atom. The first-order chi connectivity index (χ1) is 8.59. The molecule has 2 aliphatic heterocycles. The highest BCUT2D eigenvalue weighted by Crippen LogP contribution is 2.48. The van der Waals surface area contributed by atoms with E-state index in [9.17, 15) is 9.59 Å². The van der Waals surface area contributed by atoms with Gasteiger partial charge in [0, 0.05) is 12.3 Å². The number of ether oxygens (including phenoxy) is 1. The molecule has 0 radical (unpaired) electrons. The van der Waals surface area contributed by atoms with E-state index in [1.54, 1.807) is 4.90 Å². The van der Waals surface area contributed by atoms with E-state index in [1.807, 2.05) is 0 Å². The summed E-state index contributed by atoms with van der Waals surface area (Å²) in [5, 5.41) is 9.15. The molecule has 1 saturated heterocycles. The number of fused-ring (bicyclic) bond motifs is 3. The molecule has 0 bridgehead atoms. The summed E-state index contributed by atoms with van der Waals surface area (Å²) in [6.07, 6.45) is 3.55. The molecule has 0 aromatic rings. The fourth-order valence-corrected chi connectivity index (χ4v) is 3.41. The van der Waals surface area contributed by atoms with E-state index in [4.69, 9.17) is 9.84 Å². The molecule has 98 valence electrons. The molecule has 2 fully saturated rings. The summed E-state index contributed by atoms with van der Waals surface area (Å²) in [7, 11) is 0. The number of hydrogen-bond donors (Lipinski definition) is 1. The zero-order chi connectivity index (χ0) is 12.9. The third kappa shape index (κ3) is 1.57. The predicted octanol–water partition coefficient (Wildman–Crippen LogP) is 0.927. The van der Waals surface area contributed by atoms with Crippen LogP contribution in [0.15, 0.2) is 11.3 Å². The predicted molar refractivity (Wildman–Crippen MR) is 62.0 cm³/mol. The zero-order valence-corrected chi connectivity index (χ0v) is 10.4. The van der Waals surface area contributed by atoms with Gasteiger partial charge in [-0.3, -0.25) is 4.79 Å². The standard InChI is InChI=1S/C13H17NO4/c1-7(15)18-13(17)12-9-5-3-2-4-8(9)10-6-11(16)14(10)12/h7-8,10,15H,2-6H2,1H3/t7-,8?,10?/m1/s1. The number of aliphatic hydroxyl groups is 1. The molecule has 3 atom stereocenters. The lowest BCUT2D eigenvalue weighted by Crippen LogP contribution is -2.52. The monoisotopic (exact) mass is 251 g/mol. The van der Waals surface area contributed by atoms with Crippen LogP contribution in [-0.2, 0) is 14.3 Å². The number of rotatable bonds is 2. The number of carbonyl (C=O) groups is 2. The smallest absolute Gasteiger partial charge is 0.357 e. The van der Waals surface area contributed by atoms with Crippen LogP contribution in [0, 0.1) is 5.92 Å². The van der Waals surface area contributed by atoms with Gasteiger partial charge in [-0.15, -0.1) is 0 Å². The SMILES string of the molecule is C[C@H](O)OC(=O)C1=C2CCCCC2C2CC(=O)N12. The second-order valence-corrected chi connectivity index (χ2v) is 5.27. The van der Waals surface area contributed by atoms with Gasteiger partial charge in [-0.2, -0.15) is 0 Å². The highest BCUT2D eigenvalue weighted by molar-refractivity contribution is 5.99. The molecule has 2 heterocycles. The second-order valence-electron chi connectivity index (χ2n) is 5.27. The van der Waals surface area contributed by atoms with Crippen LogP contribution in [-0.4, -0.2) is 34.2 Å². The van der Waals surface area contributed by atoms with E-state index in [0.717, 1.165) is 31.3 Å². The molecule has 2 unspecified atom stereocenters. The van der Waals surface area contributed by atoms with Gasteiger partial charge in [0.1, 0.15) is 5.70 Å². The van der Waals surface area contributed by atoms with Crippen LogP contribution in [0.1, 0.15) is 39.0 Å². The Bertz CT molecular complexity index is 440. The zero-order valence-electron chi connectivity index (χ0n) is 10.4. The average molecular weight is 251 g/mol. The molecule has 1 aliphatic carbocycles. The Morgan fingerprint density at radius 3 is 2.94 bits per heavy atom. The minimum absolute atomic E-state index is 0.000516. The van der Waals surface area contributed by atoms with Crippen LogP contribution in [0.25, 0.3) is 0 Å². The van der Waals surface area contributed by atoms with Crippen molar-refractivity contribution in [3.8, 4) is 0 Å². The lowest BCUT2D eigenvalue weighted by molar-refractivity contribution is -0.165. The van der Waals surface area contributed by atoms with Crippen molar-refractivity contribution in [3.63, 3.8) is 0 Å². The maximum absolute atomic E-state index is 12.0. The van der Waals surface area contributed by atoms with E-state index < -0.39 is 12.3 Å². The Hall–Kier alpha value is -1.36. The van der Waals surface area contributed by atoms with Gasteiger partial charge in [0.25, 0.3) is 0 Å². The van der Waals surface area contributed by atoms with Crippen molar-refractivity contribution in [2.75, 3.05) is 0 Å². The van der Waals surface area contributed by atoms with Crippen LogP contribution in [0.4, 0.5) is 0 Å². The fraction of sp³-hybridized carbons (Fsp3) is 0.692. The number of β-lactam (4-membered cyclic amide) rings is 1. The van der Waals surface area contributed by atoms with E-state index in [1.165, 1.54) is 6.92 Å². The maximum Gasteiger partial charge on any atom is 0.357 e. The van der Waals surface area contributed by atoms with Crippen LogP contribution in [0.3, 0.4) is 0 Å². The summed E-state index contributed by atoms with van der Waals surface area (Å²) >= 11 is 0. The van der Waals surface area contributed by atoms with Gasteiger partial charge in [0.15, 0.2) is 6.29 Å². The molecule has 5 nitrogen and oxygen atoms in total. The molecule has 0 aromatic carbocycles. The van der Waals surface area contributed by atoms with Gasteiger partial charge in [0.05, 0.1) is 6.04 Å². The van der Waals surface area contributed by atoms with Crippen molar-refractivity contribution >= 4 is 11.9 Å². The Balaban J connectivity index is 1.92. The van der Waals surface area contributed by atoms with Gasteiger partial charge in [0.2, 0.25) is 5.91 Å². The number of nitrogens with zero attached hydrogens (tertiary/aromatic N) is 1. The Morgan fingerprint density at radius 1 is 1.50 bits per heavy atom. The van der Waals surface area contributed by atoms with E-state index in [0.29, 0.717) is 18.0 Å². The molecule has 18 heavy (non-hydrogen) atoms. The van der Waals surface area contributed by atoms with Gasteiger partial charge in [-0.25, -0.2) is 4.79 Å². The minimum Gasteiger partial charge on any atom is -0.432 e. The fourth-order valence-electron chi connectivity index (χ4n) is 3.41. The largest absolute Gasteiger partial charge is 0.432 e. The lowest BCUT2D eigenvalue weighted by Gasteiger charge is -2.39.